The maximum atomic E-state index is 5.88. The molecule has 1 atom stereocenters. The Bertz CT molecular complexity index is 289. The van der Waals surface area contributed by atoms with Crippen LogP contribution in [0.3, 0.4) is 0 Å². The number of hydrogen-bond acceptors (Lipinski definition) is 2. The summed E-state index contributed by atoms with van der Waals surface area (Å²) in [7, 11) is 0. The Kier molecular flexibility index (Phi) is 3.85. The fourth-order valence-corrected chi connectivity index (χ4v) is 1.16. The van der Waals surface area contributed by atoms with Crippen molar-refractivity contribution in [2.45, 2.75) is 13.0 Å². The molecule has 0 amide bonds. The highest BCUT2D eigenvalue weighted by Gasteiger charge is 2.05. The lowest BCUT2D eigenvalue weighted by Crippen LogP contribution is -2.23. The van der Waals surface area contributed by atoms with Gasteiger partial charge in [0.15, 0.2) is 0 Å². The highest BCUT2D eigenvalue weighted by atomic mass is 35.5. The molecule has 4 heteroatoms. The minimum atomic E-state index is -0.0185. The molecule has 0 heterocycles. The molecule has 0 aromatic heterocycles. The van der Waals surface area contributed by atoms with Gasteiger partial charge in [-0.1, -0.05) is 29.3 Å². The lowest BCUT2D eigenvalue weighted by Gasteiger charge is -2.10. The number of ether oxygens (including phenoxy) is 1. The Morgan fingerprint density at radius 3 is 2.77 bits per heavy atom. The van der Waals surface area contributed by atoms with E-state index in [2.05, 4.69) is 0 Å². The molecule has 1 rings (SSSR count). The van der Waals surface area contributed by atoms with Crippen molar-refractivity contribution < 1.29 is 4.74 Å². The maximum absolute atomic E-state index is 5.88. The summed E-state index contributed by atoms with van der Waals surface area (Å²) in [5.74, 6) is 0.575. The van der Waals surface area contributed by atoms with Gasteiger partial charge in [0.25, 0.3) is 0 Å². The summed E-state index contributed by atoms with van der Waals surface area (Å²) in [5.41, 5.74) is 5.53. The zero-order valence-corrected chi connectivity index (χ0v) is 8.77. The van der Waals surface area contributed by atoms with Crippen LogP contribution >= 0.6 is 23.2 Å². The summed E-state index contributed by atoms with van der Waals surface area (Å²) >= 11 is 11.7. The largest absolute Gasteiger partial charge is 0.490 e. The SMILES string of the molecule is C[C@H](N)COc1cccc(Cl)c1Cl. The predicted molar refractivity (Wildman–Crippen MR) is 55.6 cm³/mol. The summed E-state index contributed by atoms with van der Waals surface area (Å²) in [6, 6.07) is 5.24. The maximum Gasteiger partial charge on any atom is 0.139 e. The van der Waals surface area contributed by atoms with Crippen LogP contribution in [0.5, 0.6) is 5.75 Å². The topological polar surface area (TPSA) is 35.2 Å². The van der Waals surface area contributed by atoms with Gasteiger partial charge >= 0.3 is 0 Å². The third-order valence-corrected chi connectivity index (χ3v) is 2.22. The molecule has 0 bridgehead atoms. The number of benzene rings is 1. The van der Waals surface area contributed by atoms with E-state index in [9.17, 15) is 0 Å². The second kappa shape index (κ2) is 4.70. The Morgan fingerprint density at radius 1 is 1.46 bits per heavy atom. The van der Waals surface area contributed by atoms with Gasteiger partial charge < -0.3 is 10.5 Å². The average molecular weight is 220 g/mol. The minimum absolute atomic E-state index is 0.0185. The highest BCUT2D eigenvalue weighted by molar-refractivity contribution is 6.42. The first-order valence-electron chi connectivity index (χ1n) is 3.93. The van der Waals surface area contributed by atoms with Crippen LogP contribution in [0.4, 0.5) is 0 Å². The molecule has 0 aliphatic rings. The van der Waals surface area contributed by atoms with Gasteiger partial charge in [0.05, 0.1) is 5.02 Å². The van der Waals surface area contributed by atoms with Crippen LogP contribution in [0.2, 0.25) is 10.0 Å². The van der Waals surface area contributed by atoms with Gasteiger partial charge in [0, 0.05) is 6.04 Å². The smallest absolute Gasteiger partial charge is 0.139 e. The van der Waals surface area contributed by atoms with Gasteiger partial charge in [-0.2, -0.15) is 0 Å². The Labute approximate surface area is 87.6 Å². The third-order valence-electron chi connectivity index (χ3n) is 1.42. The number of halogens is 2. The summed E-state index contributed by atoms with van der Waals surface area (Å²) in [5, 5.41) is 0.925. The molecule has 0 radical (unpaired) electrons. The zero-order valence-electron chi connectivity index (χ0n) is 7.26. The van der Waals surface area contributed by atoms with Crippen LogP contribution in [0, 0.1) is 0 Å². The molecule has 1 aromatic rings. The fourth-order valence-electron chi connectivity index (χ4n) is 0.817. The van der Waals surface area contributed by atoms with E-state index in [1.165, 1.54) is 0 Å². The standard InChI is InChI=1S/C9H11Cl2NO/c1-6(12)5-13-8-4-2-3-7(10)9(8)11/h2-4,6H,5,12H2,1H3/t6-/m0/s1. The highest BCUT2D eigenvalue weighted by Crippen LogP contribution is 2.31. The average Bonchev–Trinajstić information content (AvgIpc) is 2.07. The van der Waals surface area contributed by atoms with E-state index in [4.69, 9.17) is 33.7 Å². The second-order valence-electron chi connectivity index (χ2n) is 2.84. The van der Waals surface area contributed by atoms with Crippen molar-refractivity contribution in [2.24, 2.45) is 5.73 Å². The summed E-state index contributed by atoms with van der Waals surface area (Å²) in [6.07, 6.45) is 0. The van der Waals surface area contributed by atoms with Crippen LogP contribution in [-0.2, 0) is 0 Å². The first kappa shape index (κ1) is 10.6. The van der Waals surface area contributed by atoms with Crippen LogP contribution in [0.1, 0.15) is 6.92 Å². The first-order chi connectivity index (χ1) is 6.11. The van der Waals surface area contributed by atoms with Crippen molar-refractivity contribution in [1.29, 1.82) is 0 Å². The van der Waals surface area contributed by atoms with Crippen LogP contribution in [0.25, 0.3) is 0 Å². The second-order valence-corrected chi connectivity index (χ2v) is 3.63. The van der Waals surface area contributed by atoms with E-state index in [1.54, 1.807) is 18.2 Å². The minimum Gasteiger partial charge on any atom is -0.490 e. The van der Waals surface area contributed by atoms with Crippen LogP contribution < -0.4 is 10.5 Å². The van der Waals surface area contributed by atoms with Crippen molar-refractivity contribution >= 4 is 23.2 Å². The lowest BCUT2D eigenvalue weighted by atomic mass is 10.3. The van der Waals surface area contributed by atoms with E-state index in [0.717, 1.165) is 0 Å². The van der Waals surface area contributed by atoms with E-state index >= 15 is 0 Å². The zero-order chi connectivity index (χ0) is 9.84. The van der Waals surface area contributed by atoms with Crippen molar-refractivity contribution in [3.8, 4) is 5.75 Å². The summed E-state index contributed by atoms with van der Waals surface area (Å²) in [4.78, 5) is 0. The first-order valence-corrected chi connectivity index (χ1v) is 4.69. The quantitative estimate of drug-likeness (QED) is 0.849. The molecular weight excluding hydrogens is 209 g/mol. The molecule has 0 aliphatic carbocycles. The molecule has 0 saturated heterocycles. The molecule has 2 N–H and O–H groups in total. The lowest BCUT2D eigenvalue weighted by molar-refractivity contribution is 0.296. The van der Waals surface area contributed by atoms with E-state index < -0.39 is 0 Å². The molecule has 1 aromatic carbocycles. The molecule has 0 saturated carbocycles. The third kappa shape index (κ3) is 3.07. The molecule has 0 unspecified atom stereocenters. The number of hydrogen-bond donors (Lipinski definition) is 1. The summed E-state index contributed by atoms with van der Waals surface area (Å²) < 4.78 is 5.34. The molecule has 0 spiro atoms. The molecule has 2 nitrogen and oxygen atoms in total. The molecule has 0 aliphatic heterocycles. The Morgan fingerprint density at radius 2 is 2.15 bits per heavy atom. The predicted octanol–water partition coefficient (Wildman–Crippen LogP) is 2.72. The monoisotopic (exact) mass is 219 g/mol. The normalized spacial score (nSPS) is 12.6. The Hall–Kier alpha value is -0.440. The van der Waals surface area contributed by atoms with Gasteiger partial charge in [0.2, 0.25) is 0 Å². The summed E-state index contributed by atoms with van der Waals surface area (Å²) in [6.45, 7) is 2.29. The van der Waals surface area contributed by atoms with E-state index in [1.807, 2.05) is 6.92 Å². The van der Waals surface area contributed by atoms with Crippen molar-refractivity contribution in [1.82, 2.24) is 0 Å². The van der Waals surface area contributed by atoms with Crippen molar-refractivity contribution in [3.63, 3.8) is 0 Å². The fraction of sp³-hybridized carbons (Fsp3) is 0.333. The molecule has 72 valence electrons. The molecular formula is C9H11Cl2NO. The van der Waals surface area contributed by atoms with Crippen molar-refractivity contribution in [2.75, 3.05) is 6.61 Å². The Balaban J connectivity index is 2.71. The van der Waals surface area contributed by atoms with Gasteiger partial charge in [-0.25, -0.2) is 0 Å². The van der Waals surface area contributed by atoms with Gasteiger partial charge in [-0.3, -0.25) is 0 Å². The molecule has 0 fully saturated rings. The number of nitrogens with two attached hydrogens (primary N) is 1. The van der Waals surface area contributed by atoms with E-state index in [0.29, 0.717) is 22.4 Å². The number of rotatable bonds is 3. The van der Waals surface area contributed by atoms with Crippen molar-refractivity contribution in [3.05, 3.63) is 28.2 Å². The van der Waals surface area contributed by atoms with Gasteiger partial charge in [-0.05, 0) is 19.1 Å². The molecule has 13 heavy (non-hydrogen) atoms. The van der Waals surface area contributed by atoms with Gasteiger partial charge in [0.1, 0.15) is 17.4 Å². The van der Waals surface area contributed by atoms with E-state index in [-0.39, 0.29) is 6.04 Å². The van der Waals surface area contributed by atoms with Gasteiger partial charge in [-0.15, -0.1) is 0 Å². The van der Waals surface area contributed by atoms with Crippen LogP contribution in [0.15, 0.2) is 18.2 Å². The van der Waals surface area contributed by atoms with Crippen LogP contribution in [-0.4, -0.2) is 12.6 Å².